The Balaban J connectivity index is 1.60. The molecule has 63 heavy (non-hydrogen) atoms. The summed E-state index contributed by atoms with van der Waals surface area (Å²) < 4.78 is 54.4. The zero-order chi connectivity index (χ0) is 47.1. The van der Waals surface area contributed by atoms with Crippen molar-refractivity contribution in [2.24, 2.45) is 23.7 Å². The molecule has 0 aromatic carbocycles. The van der Waals surface area contributed by atoms with E-state index in [2.05, 4.69) is 0 Å². The lowest BCUT2D eigenvalue weighted by Crippen LogP contribution is -2.65. The highest BCUT2D eigenvalue weighted by molar-refractivity contribution is 5.92. The first-order chi connectivity index (χ1) is 29.6. The molecule has 0 bridgehead atoms. The molecule has 0 saturated carbocycles. The molecule has 21 unspecified atom stereocenters. The van der Waals surface area contributed by atoms with Gasteiger partial charge in [0.15, 0.2) is 24.7 Å². The highest BCUT2D eigenvalue weighted by atomic mass is 16.7. The minimum atomic E-state index is -1.49. The molecule has 4 aliphatic rings. The highest BCUT2D eigenvalue weighted by Crippen LogP contribution is 2.37. The Hall–Kier alpha value is -2.27. The Kier molecular flexibility index (Phi) is 19.9. The summed E-state index contributed by atoms with van der Waals surface area (Å²) in [5.41, 5.74) is -0.826. The average molecular weight is 902 g/mol. The zero-order valence-corrected chi connectivity index (χ0v) is 39.0. The van der Waals surface area contributed by atoms with Crippen LogP contribution in [0.4, 0.5) is 0 Å². The van der Waals surface area contributed by atoms with Crippen LogP contribution in [0.3, 0.4) is 0 Å². The van der Waals surface area contributed by atoms with E-state index in [0.717, 1.165) is 0 Å². The summed E-state index contributed by atoms with van der Waals surface area (Å²) in [5, 5.41) is 55.5. The van der Waals surface area contributed by atoms with Gasteiger partial charge in [-0.05, 0) is 67.6 Å². The third-order valence-electron chi connectivity index (χ3n) is 13.1. The van der Waals surface area contributed by atoms with Gasteiger partial charge in [-0.2, -0.15) is 0 Å². The molecule has 4 rings (SSSR count). The standard InChI is InChI=1S/C45H75NO17/c1-13-32-29(21-57-44-41(56-12)40(55-11)36(51)25(5)59-44)16-22(2)14-15-30(48)23(3)17-28(20-47)38(24(4)31(49)18-33(50)61-32)63-43-37(52)35(46(9)10)39(26(6)60-43)62-34-19-45(8,54)42(53)27(7)58-34/h14-16,20,23-29,31-32,34-44,49,51-54H,13,17-19,21H2,1-12H3. The molecule has 3 fully saturated rings. The number of carbonyl (C=O) groups excluding carboxylic acids is 3. The number of methoxy groups -OCH3 is 2. The van der Waals surface area contributed by atoms with Crippen molar-refractivity contribution in [3.05, 3.63) is 23.8 Å². The number of carbonyl (C=O) groups is 3. The van der Waals surface area contributed by atoms with E-state index >= 15 is 0 Å². The lowest BCUT2D eigenvalue weighted by molar-refractivity contribution is -0.341. The van der Waals surface area contributed by atoms with Crippen molar-refractivity contribution in [3.8, 4) is 0 Å². The first kappa shape index (κ1) is 53.3. The van der Waals surface area contributed by atoms with Gasteiger partial charge in [-0.3, -0.25) is 9.59 Å². The second-order valence-corrected chi connectivity index (χ2v) is 18.4. The summed E-state index contributed by atoms with van der Waals surface area (Å²) in [6.45, 7) is 13.5. The van der Waals surface area contributed by atoms with Crippen molar-refractivity contribution in [3.63, 3.8) is 0 Å². The van der Waals surface area contributed by atoms with E-state index in [-0.39, 0.29) is 25.2 Å². The molecule has 0 amide bonds. The third kappa shape index (κ3) is 13.2. The fraction of sp³-hybridized carbons (Fsp3) is 0.844. The lowest BCUT2D eigenvalue weighted by Gasteiger charge is -2.50. The van der Waals surface area contributed by atoms with Gasteiger partial charge in [-0.1, -0.05) is 38.5 Å². The number of likely N-dealkylation sites (N-methyl/N-ethyl adjacent to an activating group) is 1. The fourth-order valence-corrected chi connectivity index (χ4v) is 9.19. The largest absolute Gasteiger partial charge is 0.462 e. The maximum Gasteiger partial charge on any atom is 0.308 e. The number of aliphatic hydroxyl groups excluding tert-OH is 4. The van der Waals surface area contributed by atoms with Gasteiger partial charge in [-0.15, -0.1) is 0 Å². The summed E-state index contributed by atoms with van der Waals surface area (Å²) in [6, 6.07) is -0.767. The number of aliphatic hydroxyl groups is 5. The maximum atomic E-state index is 13.7. The highest BCUT2D eigenvalue weighted by Gasteiger charge is 2.52. The van der Waals surface area contributed by atoms with Gasteiger partial charge in [0.2, 0.25) is 0 Å². The van der Waals surface area contributed by atoms with Crippen LogP contribution in [0, 0.1) is 23.7 Å². The summed E-state index contributed by atoms with van der Waals surface area (Å²) in [6.07, 6.45) is -9.08. The van der Waals surface area contributed by atoms with Gasteiger partial charge >= 0.3 is 5.97 Å². The maximum absolute atomic E-state index is 13.7. The monoisotopic (exact) mass is 902 g/mol. The Morgan fingerprint density at radius 2 is 1.51 bits per heavy atom. The van der Waals surface area contributed by atoms with Crippen LogP contribution >= 0.6 is 0 Å². The molecule has 18 nitrogen and oxygen atoms in total. The molecule has 4 heterocycles. The number of ether oxygens (including phenoxy) is 9. The predicted molar refractivity (Wildman–Crippen MR) is 226 cm³/mol. The molecular formula is C45H75NO17. The molecule has 0 spiro atoms. The molecular weight excluding hydrogens is 826 g/mol. The molecule has 4 aliphatic heterocycles. The van der Waals surface area contributed by atoms with Crippen molar-refractivity contribution in [2.75, 3.05) is 34.9 Å². The van der Waals surface area contributed by atoms with E-state index in [1.807, 2.05) is 13.0 Å². The third-order valence-corrected chi connectivity index (χ3v) is 13.1. The molecule has 0 aromatic heterocycles. The number of rotatable bonds is 12. The molecule has 0 aliphatic carbocycles. The molecule has 0 radical (unpaired) electrons. The van der Waals surface area contributed by atoms with E-state index in [9.17, 15) is 39.9 Å². The van der Waals surface area contributed by atoms with Crippen LogP contribution in [-0.4, -0.2) is 187 Å². The Morgan fingerprint density at radius 3 is 2.10 bits per heavy atom. The first-order valence-electron chi connectivity index (χ1n) is 22.2. The summed E-state index contributed by atoms with van der Waals surface area (Å²) in [7, 11) is 6.40. The summed E-state index contributed by atoms with van der Waals surface area (Å²) in [4.78, 5) is 42.0. The smallest absolute Gasteiger partial charge is 0.308 e. The number of allylic oxidation sites excluding steroid dienone is 3. The van der Waals surface area contributed by atoms with E-state index in [4.69, 9.17) is 42.6 Å². The van der Waals surface area contributed by atoms with Crippen LogP contribution in [0.15, 0.2) is 23.8 Å². The molecule has 0 aromatic rings. The van der Waals surface area contributed by atoms with Crippen LogP contribution in [-0.2, 0) is 57.0 Å². The number of hydrogen-bond acceptors (Lipinski definition) is 18. The molecule has 18 heteroatoms. The lowest BCUT2D eigenvalue weighted by atomic mass is 9.81. The van der Waals surface area contributed by atoms with Gasteiger partial charge in [0.1, 0.15) is 49.0 Å². The van der Waals surface area contributed by atoms with Gasteiger partial charge < -0.3 is 77.9 Å². The number of hydrogen-bond donors (Lipinski definition) is 5. The van der Waals surface area contributed by atoms with Crippen LogP contribution < -0.4 is 0 Å². The Morgan fingerprint density at radius 1 is 0.857 bits per heavy atom. The quantitative estimate of drug-likeness (QED) is 0.138. The molecule has 21 atom stereocenters. The predicted octanol–water partition coefficient (Wildman–Crippen LogP) is 1.44. The normalized spacial score (nSPS) is 45.1. The number of cyclic esters (lactones) is 1. The van der Waals surface area contributed by atoms with Crippen LogP contribution in [0.5, 0.6) is 0 Å². The summed E-state index contributed by atoms with van der Waals surface area (Å²) >= 11 is 0. The van der Waals surface area contributed by atoms with Crippen LogP contribution in [0.1, 0.15) is 81.1 Å². The molecule has 362 valence electrons. The second kappa shape index (κ2) is 23.5. The second-order valence-electron chi connectivity index (χ2n) is 18.4. The van der Waals surface area contributed by atoms with Gasteiger partial charge in [0.05, 0.1) is 55.2 Å². The minimum Gasteiger partial charge on any atom is -0.462 e. The van der Waals surface area contributed by atoms with E-state index in [0.29, 0.717) is 18.3 Å². The van der Waals surface area contributed by atoms with Crippen molar-refractivity contribution in [1.29, 1.82) is 0 Å². The van der Waals surface area contributed by atoms with Gasteiger partial charge in [0, 0.05) is 44.3 Å². The number of nitrogens with zero attached hydrogens (tertiary/aromatic N) is 1. The van der Waals surface area contributed by atoms with Crippen LogP contribution in [0.25, 0.3) is 0 Å². The Labute approximate surface area is 372 Å². The Bertz CT molecular complexity index is 1540. The number of aldehydes is 1. The van der Waals surface area contributed by atoms with Gasteiger partial charge in [-0.25, -0.2) is 0 Å². The van der Waals surface area contributed by atoms with Gasteiger partial charge in [0.25, 0.3) is 0 Å². The summed E-state index contributed by atoms with van der Waals surface area (Å²) in [5.74, 6) is -4.14. The van der Waals surface area contributed by atoms with Crippen molar-refractivity contribution in [2.45, 2.75) is 185 Å². The van der Waals surface area contributed by atoms with E-state index < -0.39 is 140 Å². The fourth-order valence-electron chi connectivity index (χ4n) is 9.19. The number of ketones is 1. The van der Waals surface area contributed by atoms with Crippen LogP contribution in [0.2, 0.25) is 0 Å². The average Bonchev–Trinajstić information content (AvgIpc) is 3.22. The van der Waals surface area contributed by atoms with E-state index in [1.165, 1.54) is 27.2 Å². The zero-order valence-electron chi connectivity index (χ0n) is 39.0. The topological polar surface area (TPSA) is 239 Å². The minimum absolute atomic E-state index is 0.0117. The first-order valence-corrected chi connectivity index (χ1v) is 22.2. The molecule has 5 N–H and O–H groups in total. The number of esters is 1. The van der Waals surface area contributed by atoms with Crippen molar-refractivity contribution >= 4 is 18.0 Å². The van der Waals surface area contributed by atoms with Crippen molar-refractivity contribution in [1.82, 2.24) is 4.90 Å². The molecule has 3 saturated heterocycles. The van der Waals surface area contributed by atoms with E-state index in [1.54, 1.807) is 66.6 Å². The SMILES string of the molecule is CCC1OC(=O)CC(O)C(C)C(OC2OC(C)C(OC3CC(C)(O)C(O)C(C)O3)C(N(C)C)C2O)C(C=O)CC(C)C(=O)C=CC(C)=CC1COC1OC(C)C(O)C(OC)C1OC. The van der Waals surface area contributed by atoms with Crippen molar-refractivity contribution < 1.29 is 82.5 Å².